The average Bonchev–Trinajstić information content (AvgIpc) is 2.07. The minimum Gasteiger partial charge on any atom is -0.480 e. The summed E-state index contributed by atoms with van der Waals surface area (Å²) in [4.78, 5) is 10.2. The number of nitrogen functional groups attached to an aromatic ring is 2. The summed E-state index contributed by atoms with van der Waals surface area (Å²) < 4.78 is 22.9. The van der Waals surface area contributed by atoms with E-state index in [4.69, 9.17) is 16.6 Å². The first-order valence-corrected chi connectivity index (χ1v) is 5.58. The van der Waals surface area contributed by atoms with Gasteiger partial charge in [-0.25, -0.2) is 8.42 Å². The van der Waals surface area contributed by atoms with Crippen molar-refractivity contribution in [3.05, 3.63) is 18.2 Å². The van der Waals surface area contributed by atoms with E-state index in [-0.39, 0.29) is 16.3 Å². The third kappa shape index (κ3) is 2.59. The molecule has 0 spiro atoms. The molecule has 0 aliphatic heterocycles. The molecular weight excluding hydrogens is 220 g/mol. The molecule has 0 bridgehead atoms. The largest absolute Gasteiger partial charge is 0.480 e. The molecule has 1 rings (SSSR count). The number of benzene rings is 1. The second-order valence-corrected chi connectivity index (χ2v) is 4.93. The zero-order valence-corrected chi connectivity index (χ0v) is 8.49. The Morgan fingerprint density at radius 2 is 1.87 bits per heavy atom. The van der Waals surface area contributed by atoms with Crippen LogP contribution >= 0.6 is 0 Å². The highest BCUT2D eigenvalue weighted by atomic mass is 32.2. The van der Waals surface area contributed by atoms with E-state index in [1.807, 2.05) is 0 Å². The summed E-state index contributed by atoms with van der Waals surface area (Å²) in [6.45, 7) is 0. The number of sulfone groups is 1. The van der Waals surface area contributed by atoms with Gasteiger partial charge in [-0.2, -0.15) is 0 Å². The maximum atomic E-state index is 11.4. The molecule has 0 amide bonds. The van der Waals surface area contributed by atoms with Gasteiger partial charge in [-0.05, 0) is 18.2 Å². The number of anilines is 2. The first-order chi connectivity index (χ1) is 6.83. The van der Waals surface area contributed by atoms with Crippen LogP contribution in [0.3, 0.4) is 0 Å². The lowest BCUT2D eigenvalue weighted by Crippen LogP contribution is -2.15. The Kier molecular flexibility index (Phi) is 2.85. The van der Waals surface area contributed by atoms with Crippen molar-refractivity contribution in [3.8, 4) is 0 Å². The molecule has 7 heteroatoms. The van der Waals surface area contributed by atoms with Gasteiger partial charge in [0.2, 0.25) is 0 Å². The van der Waals surface area contributed by atoms with Gasteiger partial charge in [-0.1, -0.05) is 0 Å². The Bertz CT molecular complexity index is 495. The number of carbonyl (C=O) groups is 1. The minimum atomic E-state index is -3.83. The van der Waals surface area contributed by atoms with Crippen LogP contribution in [0.25, 0.3) is 0 Å². The van der Waals surface area contributed by atoms with Gasteiger partial charge in [0, 0.05) is 0 Å². The first kappa shape index (κ1) is 11.3. The Balaban J connectivity index is 3.17. The highest BCUT2D eigenvalue weighted by Gasteiger charge is 2.19. The van der Waals surface area contributed by atoms with E-state index in [9.17, 15) is 13.2 Å². The fourth-order valence-corrected chi connectivity index (χ4v) is 2.07. The highest BCUT2D eigenvalue weighted by molar-refractivity contribution is 7.92. The van der Waals surface area contributed by atoms with Gasteiger partial charge in [0.25, 0.3) is 0 Å². The lowest BCUT2D eigenvalue weighted by atomic mass is 10.3. The van der Waals surface area contributed by atoms with Gasteiger partial charge in [0.1, 0.15) is 0 Å². The number of carboxylic acid groups (broad SMARTS) is 1. The summed E-state index contributed by atoms with van der Waals surface area (Å²) in [5.74, 6) is -2.37. The maximum absolute atomic E-state index is 11.4. The Labute approximate surface area is 86.4 Å². The molecule has 0 unspecified atom stereocenters. The topological polar surface area (TPSA) is 123 Å². The van der Waals surface area contributed by atoms with E-state index >= 15 is 0 Å². The Morgan fingerprint density at radius 1 is 1.27 bits per heavy atom. The summed E-state index contributed by atoms with van der Waals surface area (Å²) in [6.07, 6.45) is 0. The first-order valence-electron chi connectivity index (χ1n) is 3.92. The van der Waals surface area contributed by atoms with Crippen LogP contribution in [-0.2, 0) is 14.6 Å². The van der Waals surface area contributed by atoms with Crippen molar-refractivity contribution in [2.45, 2.75) is 4.90 Å². The summed E-state index contributed by atoms with van der Waals surface area (Å²) in [5.41, 5.74) is 11.2. The zero-order chi connectivity index (χ0) is 11.6. The van der Waals surface area contributed by atoms with Crippen molar-refractivity contribution in [3.63, 3.8) is 0 Å². The summed E-state index contributed by atoms with van der Waals surface area (Å²) in [6, 6.07) is 3.70. The molecule has 82 valence electrons. The van der Waals surface area contributed by atoms with Crippen LogP contribution in [0, 0.1) is 0 Å². The molecule has 0 aliphatic rings. The number of aliphatic carboxylic acids is 1. The summed E-state index contributed by atoms with van der Waals surface area (Å²) >= 11 is 0. The fourth-order valence-electron chi connectivity index (χ4n) is 0.992. The third-order valence-corrected chi connectivity index (χ3v) is 3.33. The van der Waals surface area contributed by atoms with E-state index < -0.39 is 21.6 Å². The lowest BCUT2D eigenvalue weighted by molar-refractivity contribution is -0.134. The molecule has 6 nitrogen and oxygen atoms in total. The molecule has 0 atom stereocenters. The predicted molar refractivity (Wildman–Crippen MR) is 55.0 cm³/mol. The van der Waals surface area contributed by atoms with Gasteiger partial charge in [-0.3, -0.25) is 4.79 Å². The van der Waals surface area contributed by atoms with Gasteiger partial charge in [0.05, 0.1) is 16.3 Å². The van der Waals surface area contributed by atoms with Gasteiger partial charge >= 0.3 is 5.97 Å². The zero-order valence-electron chi connectivity index (χ0n) is 7.67. The van der Waals surface area contributed by atoms with Crippen LogP contribution < -0.4 is 11.5 Å². The van der Waals surface area contributed by atoms with Gasteiger partial charge in [0.15, 0.2) is 15.6 Å². The van der Waals surface area contributed by atoms with Crippen LogP contribution in [0.2, 0.25) is 0 Å². The molecule has 15 heavy (non-hydrogen) atoms. The minimum absolute atomic E-state index is 0.112. The van der Waals surface area contributed by atoms with Crippen molar-refractivity contribution in [1.82, 2.24) is 0 Å². The molecule has 1 aromatic rings. The molecule has 0 saturated heterocycles. The number of rotatable bonds is 3. The quantitative estimate of drug-likeness (QED) is 0.613. The summed E-state index contributed by atoms with van der Waals surface area (Å²) in [5, 5.41) is 8.40. The third-order valence-electron chi connectivity index (χ3n) is 1.73. The molecule has 5 N–H and O–H groups in total. The van der Waals surface area contributed by atoms with Crippen molar-refractivity contribution in [2.75, 3.05) is 17.2 Å². The standard InChI is InChI=1S/C8H10N2O4S/c9-6-2-1-5(3-7(6)10)15(13,14)4-8(11)12/h1-3H,4,9-10H2,(H,11,12). The van der Waals surface area contributed by atoms with E-state index in [1.54, 1.807) is 0 Å². The maximum Gasteiger partial charge on any atom is 0.319 e. The Hall–Kier alpha value is -1.76. The monoisotopic (exact) mass is 230 g/mol. The number of hydrogen-bond acceptors (Lipinski definition) is 5. The van der Waals surface area contributed by atoms with Crippen LogP contribution in [0.15, 0.2) is 23.1 Å². The molecular formula is C8H10N2O4S. The SMILES string of the molecule is Nc1ccc(S(=O)(=O)CC(=O)O)cc1N. The predicted octanol–water partition coefficient (Wildman–Crippen LogP) is -0.291. The molecule has 0 heterocycles. The van der Waals surface area contributed by atoms with E-state index in [0.717, 1.165) is 6.07 Å². The van der Waals surface area contributed by atoms with Crippen molar-refractivity contribution in [2.24, 2.45) is 0 Å². The lowest BCUT2D eigenvalue weighted by Gasteiger charge is -2.04. The van der Waals surface area contributed by atoms with E-state index in [2.05, 4.69) is 0 Å². The van der Waals surface area contributed by atoms with Crippen LogP contribution in [0.1, 0.15) is 0 Å². The van der Waals surface area contributed by atoms with Crippen molar-refractivity contribution < 1.29 is 18.3 Å². The fraction of sp³-hybridized carbons (Fsp3) is 0.125. The molecule has 0 fully saturated rings. The Morgan fingerprint density at radius 3 is 2.33 bits per heavy atom. The normalized spacial score (nSPS) is 11.2. The van der Waals surface area contributed by atoms with Crippen molar-refractivity contribution in [1.29, 1.82) is 0 Å². The molecule has 1 aromatic carbocycles. The number of carboxylic acids is 1. The molecule has 0 aromatic heterocycles. The average molecular weight is 230 g/mol. The number of hydrogen-bond donors (Lipinski definition) is 3. The molecule has 0 saturated carbocycles. The van der Waals surface area contributed by atoms with Crippen LogP contribution in [0.5, 0.6) is 0 Å². The highest BCUT2D eigenvalue weighted by Crippen LogP contribution is 2.20. The van der Waals surface area contributed by atoms with Gasteiger partial charge in [-0.15, -0.1) is 0 Å². The van der Waals surface area contributed by atoms with Gasteiger partial charge < -0.3 is 16.6 Å². The second-order valence-electron chi connectivity index (χ2n) is 2.94. The number of nitrogens with two attached hydrogens (primary N) is 2. The second kappa shape index (κ2) is 3.77. The van der Waals surface area contributed by atoms with E-state index in [1.165, 1.54) is 12.1 Å². The summed E-state index contributed by atoms with van der Waals surface area (Å²) in [7, 11) is -3.83. The van der Waals surface area contributed by atoms with Crippen molar-refractivity contribution >= 4 is 27.2 Å². The molecule has 0 aliphatic carbocycles. The van der Waals surface area contributed by atoms with Crippen LogP contribution in [-0.4, -0.2) is 25.2 Å². The van der Waals surface area contributed by atoms with Crippen LogP contribution in [0.4, 0.5) is 11.4 Å². The molecule has 0 radical (unpaired) electrons. The smallest absolute Gasteiger partial charge is 0.319 e. The van der Waals surface area contributed by atoms with E-state index in [0.29, 0.717) is 0 Å².